The Kier molecular flexibility index (Phi) is 4.79. The van der Waals surface area contributed by atoms with Crippen molar-refractivity contribution in [2.45, 2.75) is 13.2 Å². The quantitative estimate of drug-likeness (QED) is 0.447. The van der Waals surface area contributed by atoms with E-state index in [2.05, 4.69) is 103 Å². The van der Waals surface area contributed by atoms with Gasteiger partial charge in [-0.3, -0.25) is 0 Å². The molecule has 0 amide bonds. The Labute approximate surface area is 167 Å². The van der Waals surface area contributed by atoms with Gasteiger partial charge < -0.3 is 4.74 Å². The molecule has 1 aliphatic rings. The first-order valence-electron chi connectivity index (χ1n) is 9.60. The van der Waals surface area contributed by atoms with Gasteiger partial charge in [0.25, 0.3) is 0 Å². The van der Waals surface area contributed by atoms with Crippen molar-refractivity contribution in [1.29, 1.82) is 0 Å². The summed E-state index contributed by atoms with van der Waals surface area (Å²) in [6.07, 6.45) is 0. The third-order valence-corrected chi connectivity index (χ3v) is 7.68. The van der Waals surface area contributed by atoms with Gasteiger partial charge in [0.15, 0.2) is 0 Å². The monoisotopic (exact) mass is 380 g/mol. The Morgan fingerprint density at radius 3 is 1.82 bits per heavy atom. The standard InChI is InChI=1S/C26H21OP/c1-3-12-22(13-4-1)28(23-14-5-2-6-15-23)25-17-9-11-21-19-27-18-20-10-7-8-16-24(20)26(21)25/h1-17H,18-19H2. The van der Waals surface area contributed by atoms with Gasteiger partial charge in [0, 0.05) is 0 Å². The average Bonchev–Trinajstić information content (AvgIpc) is 2.95. The molecule has 1 aliphatic heterocycles. The number of rotatable bonds is 3. The molecule has 1 heterocycles. The maximum absolute atomic E-state index is 6.00. The molecule has 0 bridgehead atoms. The van der Waals surface area contributed by atoms with Crippen molar-refractivity contribution >= 4 is 23.8 Å². The first-order valence-corrected chi connectivity index (χ1v) is 10.9. The van der Waals surface area contributed by atoms with Crippen molar-refractivity contribution < 1.29 is 4.74 Å². The Hall–Kier alpha value is -2.73. The summed E-state index contributed by atoms with van der Waals surface area (Å²) in [6.45, 7) is 1.32. The second-order valence-corrected chi connectivity index (χ2v) is 9.15. The van der Waals surface area contributed by atoms with Crippen LogP contribution in [-0.2, 0) is 18.0 Å². The van der Waals surface area contributed by atoms with E-state index in [1.54, 1.807) is 0 Å². The normalized spacial score (nSPS) is 12.9. The molecular formula is C26H21OP. The van der Waals surface area contributed by atoms with E-state index in [4.69, 9.17) is 4.74 Å². The minimum absolute atomic E-state index is 0.652. The van der Waals surface area contributed by atoms with Crippen LogP contribution in [0.3, 0.4) is 0 Å². The van der Waals surface area contributed by atoms with E-state index in [0.717, 1.165) is 0 Å². The molecule has 0 N–H and O–H groups in total. The number of fused-ring (bicyclic) bond motifs is 3. The summed E-state index contributed by atoms with van der Waals surface area (Å²) in [4.78, 5) is 0. The lowest BCUT2D eigenvalue weighted by Gasteiger charge is -2.24. The molecule has 2 heteroatoms. The molecule has 0 spiro atoms. The van der Waals surface area contributed by atoms with Crippen molar-refractivity contribution in [3.63, 3.8) is 0 Å². The molecular weight excluding hydrogens is 359 g/mol. The predicted molar refractivity (Wildman–Crippen MR) is 119 cm³/mol. The summed E-state index contributed by atoms with van der Waals surface area (Å²) in [7, 11) is -0.652. The molecule has 136 valence electrons. The fraction of sp³-hybridized carbons (Fsp3) is 0.0769. The topological polar surface area (TPSA) is 9.23 Å². The molecule has 1 nitrogen and oxygen atoms in total. The molecule has 0 unspecified atom stereocenters. The SMILES string of the molecule is c1ccc(P(c2ccccc2)c2cccc3c2-c2ccccc2COC3)cc1. The van der Waals surface area contributed by atoms with Crippen molar-refractivity contribution in [1.82, 2.24) is 0 Å². The Balaban J connectivity index is 1.79. The molecule has 5 rings (SSSR count). The van der Waals surface area contributed by atoms with Gasteiger partial charge in [-0.1, -0.05) is 103 Å². The summed E-state index contributed by atoms with van der Waals surface area (Å²) in [5, 5.41) is 4.15. The molecule has 0 radical (unpaired) electrons. The van der Waals surface area contributed by atoms with Crippen molar-refractivity contribution in [3.05, 3.63) is 114 Å². The molecule has 0 aliphatic carbocycles. The molecule has 0 fully saturated rings. The van der Waals surface area contributed by atoms with E-state index in [9.17, 15) is 0 Å². The molecule has 0 saturated carbocycles. The summed E-state index contributed by atoms with van der Waals surface area (Å²) in [5.41, 5.74) is 5.21. The molecule has 0 atom stereocenters. The molecule has 0 aromatic heterocycles. The minimum atomic E-state index is -0.652. The summed E-state index contributed by atoms with van der Waals surface area (Å²) in [5.74, 6) is 0. The van der Waals surface area contributed by atoms with Gasteiger partial charge in [-0.2, -0.15) is 0 Å². The van der Waals surface area contributed by atoms with Gasteiger partial charge in [0.2, 0.25) is 0 Å². The summed E-state index contributed by atoms with van der Waals surface area (Å²) < 4.78 is 6.00. The highest BCUT2D eigenvalue weighted by atomic mass is 31.1. The molecule has 4 aromatic rings. The zero-order chi connectivity index (χ0) is 18.8. The minimum Gasteiger partial charge on any atom is -0.372 e. The van der Waals surface area contributed by atoms with Gasteiger partial charge in [0.05, 0.1) is 13.2 Å². The molecule has 0 saturated heterocycles. The van der Waals surface area contributed by atoms with Crippen LogP contribution in [0.4, 0.5) is 0 Å². The first kappa shape index (κ1) is 17.4. The lowest BCUT2D eigenvalue weighted by atomic mass is 9.97. The van der Waals surface area contributed by atoms with Crippen LogP contribution in [0, 0.1) is 0 Å². The Morgan fingerprint density at radius 2 is 1.11 bits per heavy atom. The fourth-order valence-corrected chi connectivity index (χ4v) is 6.46. The fourth-order valence-electron chi connectivity index (χ4n) is 3.95. The average molecular weight is 380 g/mol. The Bertz CT molecular complexity index is 1050. The van der Waals surface area contributed by atoms with Crippen LogP contribution in [0.25, 0.3) is 11.1 Å². The maximum atomic E-state index is 6.00. The highest BCUT2D eigenvalue weighted by molar-refractivity contribution is 7.80. The number of benzene rings is 4. The highest BCUT2D eigenvalue weighted by Crippen LogP contribution is 2.40. The number of hydrogen-bond acceptors (Lipinski definition) is 1. The zero-order valence-corrected chi connectivity index (χ0v) is 16.5. The summed E-state index contributed by atoms with van der Waals surface area (Å²) in [6, 6.07) is 37.2. The van der Waals surface area contributed by atoms with E-state index in [1.807, 2.05) is 0 Å². The van der Waals surface area contributed by atoms with Crippen molar-refractivity contribution in [3.8, 4) is 11.1 Å². The lowest BCUT2D eigenvalue weighted by molar-refractivity contribution is 0.110. The van der Waals surface area contributed by atoms with E-state index < -0.39 is 7.92 Å². The van der Waals surface area contributed by atoms with Crippen LogP contribution >= 0.6 is 7.92 Å². The van der Waals surface area contributed by atoms with Gasteiger partial charge in [0.1, 0.15) is 0 Å². The first-order chi connectivity index (χ1) is 13.9. The number of hydrogen-bond donors (Lipinski definition) is 0. The largest absolute Gasteiger partial charge is 0.372 e. The zero-order valence-electron chi connectivity index (χ0n) is 15.6. The van der Waals surface area contributed by atoms with Gasteiger partial charge in [-0.05, 0) is 46.1 Å². The van der Waals surface area contributed by atoms with Gasteiger partial charge in [-0.25, -0.2) is 0 Å². The van der Waals surface area contributed by atoms with Crippen LogP contribution in [0.5, 0.6) is 0 Å². The van der Waals surface area contributed by atoms with Gasteiger partial charge >= 0.3 is 0 Å². The molecule has 4 aromatic carbocycles. The van der Waals surface area contributed by atoms with Crippen molar-refractivity contribution in [2.75, 3.05) is 0 Å². The van der Waals surface area contributed by atoms with Crippen molar-refractivity contribution in [2.24, 2.45) is 0 Å². The predicted octanol–water partition coefficient (Wildman–Crippen LogP) is 5.14. The van der Waals surface area contributed by atoms with E-state index in [-0.39, 0.29) is 0 Å². The van der Waals surface area contributed by atoms with Crippen LogP contribution < -0.4 is 15.9 Å². The summed E-state index contributed by atoms with van der Waals surface area (Å²) >= 11 is 0. The maximum Gasteiger partial charge on any atom is 0.0727 e. The van der Waals surface area contributed by atoms with Gasteiger partial charge in [-0.15, -0.1) is 0 Å². The third kappa shape index (κ3) is 3.18. The smallest absolute Gasteiger partial charge is 0.0727 e. The van der Waals surface area contributed by atoms with Crippen LogP contribution in [-0.4, -0.2) is 0 Å². The van der Waals surface area contributed by atoms with Crippen LogP contribution in [0.15, 0.2) is 103 Å². The highest BCUT2D eigenvalue weighted by Gasteiger charge is 2.24. The molecule has 28 heavy (non-hydrogen) atoms. The number of ether oxygens (including phenoxy) is 1. The van der Waals surface area contributed by atoms with Crippen LogP contribution in [0.2, 0.25) is 0 Å². The van der Waals surface area contributed by atoms with E-state index in [0.29, 0.717) is 13.2 Å². The van der Waals surface area contributed by atoms with E-state index in [1.165, 1.54) is 38.2 Å². The van der Waals surface area contributed by atoms with Crippen LogP contribution in [0.1, 0.15) is 11.1 Å². The Morgan fingerprint density at radius 1 is 0.536 bits per heavy atom. The van der Waals surface area contributed by atoms with E-state index >= 15 is 0 Å². The third-order valence-electron chi connectivity index (χ3n) is 5.20. The second-order valence-electron chi connectivity index (χ2n) is 6.97. The second kappa shape index (κ2) is 7.72. The lowest BCUT2D eigenvalue weighted by Crippen LogP contribution is -2.23.